The number of fused-ring (bicyclic) bond motifs is 1. The summed E-state index contributed by atoms with van der Waals surface area (Å²) in [7, 11) is -2.97. The second kappa shape index (κ2) is 18.2. The molecule has 2 aromatic carbocycles. The molecule has 2 unspecified atom stereocenters. The summed E-state index contributed by atoms with van der Waals surface area (Å²) in [6.45, 7) is 13.3. The number of carbonyl (C=O) groups is 4. The molecule has 13 nitrogen and oxygen atoms in total. The molecule has 0 saturated heterocycles. The summed E-state index contributed by atoms with van der Waals surface area (Å²) in [6, 6.07) is 7.05. The van der Waals surface area contributed by atoms with E-state index in [-0.39, 0.29) is 43.3 Å². The lowest BCUT2D eigenvalue weighted by atomic mass is 9.94. The highest BCUT2D eigenvalue weighted by Crippen LogP contribution is 2.49. The number of nitrogens with one attached hydrogen (secondary N) is 2. The number of hydrogen-bond donors (Lipinski definition) is 2. The van der Waals surface area contributed by atoms with Gasteiger partial charge in [0.15, 0.2) is 5.75 Å². The Morgan fingerprint density at radius 2 is 1.50 bits per heavy atom. The molecule has 0 bridgehead atoms. The van der Waals surface area contributed by atoms with E-state index in [1.807, 2.05) is 43.3 Å². The van der Waals surface area contributed by atoms with E-state index in [4.69, 9.17) is 28.2 Å². The van der Waals surface area contributed by atoms with Crippen molar-refractivity contribution in [2.45, 2.75) is 112 Å². The molecule has 2 aromatic rings. The summed E-state index contributed by atoms with van der Waals surface area (Å²) in [4.78, 5) is 51.2. The Balaban J connectivity index is 1.98. The lowest BCUT2D eigenvalue weighted by Crippen LogP contribution is -2.44. The highest BCUT2D eigenvalue weighted by Gasteiger charge is 2.40. The van der Waals surface area contributed by atoms with Crippen LogP contribution in [0.1, 0.15) is 93.9 Å². The Hall–Kier alpha value is -4.19. The molecule has 1 aliphatic rings. The van der Waals surface area contributed by atoms with E-state index < -0.39 is 49.9 Å². The summed E-state index contributed by atoms with van der Waals surface area (Å²) < 4.78 is 48.1. The summed E-state index contributed by atoms with van der Waals surface area (Å²) in [6.07, 6.45) is 1.62. The van der Waals surface area contributed by atoms with Crippen LogP contribution in [0.3, 0.4) is 0 Å². The Morgan fingerprint density at radius 1 is 0.920 bits per heavy atom. The van der Waals surface area contributed by atoms with Crippen molar-refractivity contribution in [3.63, 3.8) is 0 Å². The van der Waals surface area contributed by atoms with Crippen LogP contribution in [0, 0.1) is 6.92 Å². The Bertz CT molecular complexity index is 1590. The minimum atomic E-state index is -4.43. The van der Waals surface area contributed by atoms with Gasteiger partial charge in [0.05, 0.1) is 19.3 Å². The van der Waals surface area contributed by atoms with E-state index in [0.29, 0.717) is 28.9 Å². The minimum Gasteiger partial charge on any atom is -0.496 e. The van der Waals surface area contributed by atoms with Crippen LogP contribution in [0.4, 0.5) is 0 Å². The van der Waals surface area contributed by atoms with Crippen molar-refractivity contribution in [2.75, 3.05) is 7.11 Å². The number of benzene rings is 2. The third kappa shape index (κ3) is 11.2. The highest BCUT2D eigenvalue weighted by atomic mass is 31.2. The Labute approximate surface area is 293 Å². The molecule has 14 heteroatoms. The standard InChI is InChI=1S/C36H49N2O11P/c1-21(2)47-34(40)25(7)37-50(43,38-26(8)35(41)48-22(3)4)49-33-28(32(44-9)24(6)29-20-46-36(42)31(29)33)17-15-23(5)16-18-30(39)45-19-27-13-11-10-12-14-27/h10-15,21-22,25-26H,16-20H2,1-9H3,(H2,37,38,43)/b23-15+. The van der Waals surface area contributed by atoms with Gasteiger partial charge in [-0.2, -0.15) is 0 Å². The lowest BCUT2D eigenvalue weighted by Gasteiger charge is -2.28. The number of cyclic esters (lactones) is 1. The van der Waals surface area contributed by atoms with E-state index in [2.05, 4.69) is 10.2 Å². The van der Waals surface area contributed by atoms with Crippen molar-refractivity contribution in [3.05, 3.63) is 69.8 Å². The molecule has 0 fully saturated rings. The fourth-order valence-electron chi connectivity index (χ4n) is 5.10. The smallest absolute Gasteiger partial charge is 0.391 e. The van der Waals surface area contributed by atoms with Gasteiger partial charge in [0.25, 0.3) is 0 Å². The quantitative estimate of drug-likeness (QED) is 0.0796. The zero-order valence-electron chi connectivity index (χ0n) is 30.2. The van der Waals surface area contributed by atoms with E-state index in [1.54, 1.807) is 34.6 Å². The fourth-order valence-corrected chi connectivity index (χ4v) is 6.97. The van der Waals surface area contributed by atoms with Crippen molar-refractivity contribution in [3.8, 4) is 11.5 Å². The van der Waals surface area contributed by atoms with Gasteiger partial charge in [-0.3, -0.25) is 14.4 Å². The van der Waals surface area contributed by atoms with E-state index in [1.165, 1.54) is 21.0 Å². The average molecular weight is 717 g/mol. The van der Waals surface area contributed by atoms with Crippen LogP contribution >= 0.6 is 7.67 Å². The van der Waals surface area contributed by atoms with Crippen molar-refractivity contribution >= 4 is 31.5 Å². The molecule has 274 valence electrons. The maximum absolute atomic E-state index is 14.7. The first-order valence-electron chi connectivity index (χ1n) is 16.6. The number of esters is 4. The normalized spacial score (nSPS) is 15.1. The van der Waals surface area contributed by atoms with Crippen LogP contribution in [-0.4, -0.2) is 55.3 Å². The first-order valence-corrected chi connectivity index (χ1v) is 18.2. The molecule has 1 heterocycles. The van der Waals surface area contributed by atoms with Gasteiger partial charge in [-0.1, -0.05) is 42.0 Å². The van der Waals surface area contributed by atoms with Gasteiger partial charge in [-0.15, -0.1) is 0 Å². The number of carbonyl (C=O) groups excluding carboxylic acids is 4. The van der Waals surface area contributed by atoms with Crippen molar-refractivity contribution < 1.29 is 52.0 Å². The van der Waals surface area contributed by atoms with Crippen molar-refractivity contribution in [1.82, 2.24) is 10.2 Å². The first kappa shape index (κ1) is 40.2. The van der Waals surface area contributed by atoms with Gasteiger partial charge < -0.3 is 28.2 Å². The second-order valence-corrected chi connectivity index (χ2v) is 14.4. The molecule has 2 N–H and O–H groups in total. The summed E-state index contributed by atoms with van der Waals surface area (Å²) >= 11 is 0. The molecular weight excluding hydrogens is 667 g/mol. The predicted molar refractivity (Wildman–Crippen MR) is 186 cm³/mol. The zero-order chi connectivity index (χ0) is 37.2. The lowest BCUT2D eigenvalue weighted by molar-refractivity contribution is -0.149. The second-order valence-electron chi connectivity index (χ2n) is 12.6. The molecule has 50 heavy (non-hydrogen) atoms. The molecule has 0 amide bonds. The molecule has 0 spiro atoms. The zero-order valence-corrected chi connectivity index (χ0v) is 31.1. The molecule has 0 aliphatic carbocycles. The molecule has 0 radical (unpaired) electrons. The molecule has 1 aliphatic heterocycles. The number of allylic oxidation sites excluding steroid dienone is 2. The molecule has 2 atom stereocenters. The molecular formula is C36H49N2O11P. The Morgan fingerprint density at radius 3 is 2.04 bits per heavy atom. The van der Waals surface area contributed by atoms with E-state index in [9.17, 15) is 23.7 Å². The number of rotatable bonds is 18. The van der Waals surface area contributed by atoms with Crippen LogP contribution in [0.25, 0.3) is 0 Å². The predicted octanol–water partition coefficient (Wildman–Crippen LogP) is 6.03. The summed E-state index contributed by atoms with van der Waals surface area (Å²) in [5.41, 5.74) is 3.25. The first-order chi connectivity index (χ1) is 23.5. The van der Waals surface area contributed by atoms with Gasteiger partial charge in [0.1, 0.15) is 36.6 Å². The van der Waals surface area contributed by atoms with E-state index in [0.717, 1.165) is 11.1 Å². The van der Waals surface area contributed by atoms with Gasteiger partial charge in [-0.25, -0.2) is 19.5 Å². The highest BCUT2D eigenvalue weighted by molar-refractivity contribution is 7.55. The van der Waals surface area contributed by atoms with Gasteiger partial charge in [0.2, 0.25) is 0 Å². The SMILES string of the molecule is COc1c(C)c2c(c(OP(=O)(NC(C)C(=O)OC(C)C)NC(C)C(=O)OC(C)C)c1C/C=C(\C)CCC(=O)OCc1ccccc1)C(=O)OC2. The molecule has 0 saturated carbocycles. The van der Waals surface area contributed by atoms with Crippen LogP contribution in [0.5, 0.6) is 11.5 Å². The van der Waals surface area contributed by atoms with Crippen LogP contribution in [-0.2, 0) is 57.5 Å². The minimum absolute atomic E-state index is 0.0486. The number of methoxy groups -OCH3 is 1. The topological polar surface area (TPSA) is 165 Å². The Kier molecular flexibility index (Phi) is 14.6. The average Bonchev–Trinajstić information content (AvgIpc) is 3.44. The maximum Gasteiger partial charge on any atom is 0.391 e. The van der Waals surface area contributed by atoms with Crippen LogP contribution < -0.4 is 19.4 Å². The molecule has 0 aromatic heterocycles. The largest absolute Gasteiger partial charge is 0.496 e. The van der Waals surface area contributed by atoms with Crippen LogP contribution in [0.15, 0.2) is 42.0 Å². The van der Waals surface area contributed by atoms with Crippen molar-refractivity contribution in [1.29, 1.82) is 0 Å². The number of hydrogen-bond acceptors (Lipinski definition) is 11. The summed E-state index contributed by atoms with van der Waals surface area (Å²) in [5.74, 6) is -2.21. The third-order valence-corrected chi connectivity index (χ3v) is 9.50. The monoisotopic (exact) mass is 716 g/mol. The number of ether oxygens (including phenoxy) is 5. The van der Waals surface area contributed by atoms with Gasteiger partial charge in [-0.05, 0) is 79.4 Å². The van der Waals surface area contributed by atoms with Gasteiger partial charge >= 0.3 is 31.5 Å². The summed E-state index contributed by atoms with van der Waals surface area (Å²) in [5, 5.41) is 5.35. The maximum atomic E-state index is 14.7. The van der Waals surface area contributed by atoms with Crippen molar-refractivity contribution in [2.24, 2.45) is 0 Å². The van der Waals surface area contributed by atoms with Crippen LogP contribution in [0.2, 0.25) is 0 Å². The van der Waals surface area contributed by atoms with E-state index >= 15 is 0 Å². The molecule has 3 rings (SSSR count). The van der Waals surface area contributed by atoms with Gasteiger partial charge in [0, 0.05) is 17.5 Å². The fraction of sp³-hybridized carbons (Fsp3) is 0.500. The third-order valence-electron chi connectivity index (χ3n) is 7.60.